The zero-order valence-electron chi connectivity index (χ0n) is 20.4. The van der Waals surface area contributed by atoms with Crippen molar-refractivity contribution in [2.45, 2.75) is 57.5 Å². The molecule has 6 nitrogen and oxygen atoms in total. The minimum absolute atomic E-state index is 0.0829. The van der Waals surface area contributed by atoms with Crippen molar-refractivity contribution in [3.63, 3.8) is 0 Å². The molecule has 2 aliphatic heterocycles. The first-order valence-corrected chi connectivity index (χ1v) is 12.7. The lowest BCUT2D eigenvalue weighted by molar-refractivity contribution is -0.117. The van der Waals surface area contributed by atoms with E-state index in [1.807, 2.05) is 24.3 Å². The third-order valence-electron chi connectivity index (χ3n) is 7.96. The number of amides is 2. The van der Waals surface area contributed by atoms with Crippen molar-refractivity contribution in [3.05, 3.63) is 59.2 Å². The number of hydrogen-bond acceptors (Lipinski definition) is 4. The van der Waals surface area contributed by atoms with E-state index in [-0.39, 0.29) is 29.8 Å². The van der Waals surface area contributed by atoms with E-state index in [1.165, 1.54) is 24.0 Å². The van der Waals surface area contributed by atoms with Crippen LogP contribution in [0.5, 0.6) is 0 Å². The molecule has 0 spiro atoms. The minimum Gasteiger partial charge on any atom is -0.378 e. The quantitative estimate of drug-likeness (QED) is 0.617. The number of hydrogen-bond donors (Lipinski definition) is 3. The van der Waals surface area contributed by atoms with Crippen LogP contribution < -0.4 is 20.9 Å². The van der Waals surface area contributed by atoms with E-state index in [2.05, 4.69) is 46.0 Å². The molecule has 5 rings (SSSR count). The Bertz CT molecular complexity index is 1060. The summed E-state index contributed by atoms with van der Waals surface area (Å²) in [5, 5.41) is 9.94. The standard InChI is InChI=1S/C28H36N4O2/c1-17-26(31-23-9-6-21(7-10-23)28(34)29-3)24-16-22(19-12-14-30-15-13-19)8-11-25(24)32(18(2)33)27(17)20-4-5-20/h6-11,16-17,19-20,26-27,30-31H,4-5,12-15H2,1-3H3,(H,29,34)/t17-,26-,27+/m1/s1. The maximum Gasteiger partial charge on any atom is 0.251 e. The first kappa shape index (κ1) is 22.9. The van der Waals surface area contributed by atoms with Crippen LogP contribution in [0.25, 0.3) is 0 Å². The lowest BCUT2D eigenvalue weighted by Crippen LogP contribution is -2.51. The number of rotatable bonds is 5. The van der Waals surface area contributed by atoms with Crippen LogP contribution >= 0.6 is 0 Å². The Morgan fingerprint density at radius 1 is 1.00 bits per heavy atom. The molecule has 1 saturated carbocycles. The van der Waals surface area contributed by atoms with Gasteiger partial charge < -0.3 is 20.9 Å². The summed E-state index contributed by atoms with van der Waals surface area (Å²) in [6, 6.07) is 14.8. The van der Waals surface area contributed by atoms with Gasteiger partial charge in [0, 0.05) is 42.9 Å². The summed E-state index contributed by atoms with van der Waals surface area (Å²) in [7, 11) is 1.65. The van der Waals surface area contributed by atoms with Crippen molar-refractivity contribution >= 4 is 23.2 Å². The van der Waals surface area contributed by atoms with Gasteiger partial charge in [0.25, 0.3) is 5.91 Å². The van der Waals surface area contributed by atoms with E-state index in [0.717, 1.165) is 37.3 Å². The van der Waals surface area contributed by atoms with Gasteiger partial charge in [-0.2, -0.15) is 0 Å². The van der Waals surface area contributed by atoms with Crippen LogP contribution in [0, 0.1) is 11.8 Å². The Kier molecular flexibility index (Phi) is 6.34. The van der Waals surface area contributed by atoms with E-state index < -0.39 is 0 Å². The highest BCUT2D eigenvalue weighted by molar-refractivity contribution is 5.95. The molecule has 2 fully saturated rings. The molecule has 3 N–H and O–H groups in total. The monoisotopic (exact) mass is 460 g/mol. The number of carbonyl (C=O) groups excluding carboxylic acids is 2. The van der Waals surface area contributed by atoms with Gasteiger partial charge in [0.15, 0.2) is 0 Å². The average molecular weight is 461 g/mol. The normalized spacial score (nSPS) is 24.9. The molecule has 3 atom stereocenters. The largest absolute Gasteiger partial charge is 0.378 e. The predicted octanol–water partition coefficient (Wildman–Crippen LogP) is 4.45. The van der Waals surface area contributed by atoms with E-state index in [1.54, 1.807) is 14.0 Å². The van der Waals surface area contributed by atoms with Gasteiger partial charge in [-0.05, 0) is 92.1 Å². The number of benzene rings is 2. The molecule has 2 aromatic rings. The highest BCUT2D eigenvalue weighted by Crippen LogP contribution is 2.50. The molecule has 6 heteroatoms. The minimum atomic E-state index is -0.0829. The fraction of sp³-hybridized carbons (Fsp3) is 0.500. The molecule has 0 radical (unpaired) electrons. The van der Waals surface area contributed by atoms with Crippen molar-refractivity contribution in [1.82, 2.24) is 10.6 Å². The van der Waals surface area contributed by atoms with Crippen LogP contribution in [0.1, 0.15) is 73.0 Å². The van der Waals surface area contributed by atoms with Gasteiger partial charge in [-0.15, -0.1) is 0 Å². The SMILES string of the molecule is CNC(=O)c1ccc(N[C@H]2c3cc(C4CCNCC4)ccc3N(C(C)=O)[C@H](C3CC3)[C@@H]2C)cc1. The molecular weight excluding hydrogens is 424 g/mol. The number of anilines is 2. The summed E-state index contributed by atoms with van der Waals surface area (Å²) in [4.78, 5) is 26.9. The Labute approximate surface area is 202 Å². The van der Waals surface area contributed by atoms with Crippen LogP contribution in [0.2, 0.25) is 0 Å². The van der Waals surface area contributed by atoms with Gasteiger partial charge in [-0.3, -0.25) is 9.59 Å². The number of nitrogens with one attached hydrogen (secondary N) is 3. The summed E-state index contributed by atoms with van der Waals surface area (Å²) in [6.45, 7) is 6.11. The molecule has 0 unspecified atom stereocenters. The number of piperidine rings is 1. The molecule has 34 heavy (non-hydrogen) atoms. The molecule has 2 heterocycles. The summed E-state index contributed by atoms with van der Waals surface area (Å²) < 4.78 is 0. The molecule has 0 aromatic heterocycles. The molecule has 2 aromatic carbocycles. The Hall–Kier alpha value is -2.86. The summed E-state index contributed by atoms with van der Waals surface area (Å²) in [5.74, 6) is 1.44. The number of fused-ring (bicyclic) bond motifs is 1. The van der Waals surface area contributed by atoms with Crippen molar-refractivity contribution < 1.29 is 9.59 Å². The first-order valence-electron chi connectivity index (χ1n) is 12.7. The van der Waals surface area contributed by atoms with Crippen LogP contribution in [0.3, 0.4) is 0 Å². The van der Waals surface area contributed by atoms with E-state index in [9.17, 15) is 9.59 Å². The Balaban J connectivity index is 1.53. The smallest absolute Gasteiger partial charge is 0.251 e. The topological polar surface area (TPSA) is 73.5 Å². The summed E-state index contributed by atoms with van der Waals surface area (Å²) >= 11 is 0. The van der Waals surface area contributed by atoms with Crippen LogP contribution in [-0.2, 0) is 4.79 Å². The Morgan fingerprint density at radius 3 is 2.32 bits per heavy atom. The second-order valence-corrected chi connectivity index (χ2v) is 10.2. The van der Waals surface area contributed by atoms with Crippen molar-refractivity contribution in [1.29, 1.82) is 0 Å². The zero-order chi connectivity index (χ0) is 23.8. The lowest BCUT2D eigenvalue weighted by Gasteiger charge is -2.46. The van der Waals surface area contributed by atoms with Gasteiger partial charge in [-0.25, -0.2) is 0 Å². The van der Waals surface area contributed by atoms with Crippen molar-refractivity contribution in [3.8, 4) is 0 Å². The van der Waals surface area contributed by atoms with Gasteiger partial charge in [0.05, 0.1) is 6.04 Å². The molecule has 2 amide bonds. The van der Waals surface area contributed by atoms with Gasteiger partial charge in [-0.1, -0.05) is 19.1 Å². The molecule has 1 aliphatic carbocycles. The van der Waals surface area contributed by atoms with Crippen LogP contribution in [-0.4, -0.2) is 38.0 Å². The van der Waals surface area contributed by atoms with Crippen LogP contribution in [0.15, 0.2) is 42.5 Å². The highest BCUT2D eigenvalue weighted by Gasteiger charge is 2.47. The van der Waals surface area contributed by atoms with Gasteiger partial charge >= 0.3 is 0 Å². The third kappa shape index (κ3) is 4.31. The van der Waals surface area contributed by atoms with E-state index in [4.69, 9.17) is 0 Å². The van der Waals surface area contributed by atoms with Crippen LogP contribution in [0.4, 0.5) is 11.4 Å². The third-order valence-corrected chi connectivity index (χ3v) is 7.96. The molecule has 180 valence electrons. The lowest BCUT2D eigenvalue weighted by atomic mass is 9.78. The average Bonchev–Trinajstić information content (AvgIpc) is 3.70. The number of nitrogens with zero attached hydrogens (tertiary/aromatic N) is 1. The second-order valence-electron chi connectivity index (χ2n) is 10.2. The molecule has 3 aliphatic rings. The molecule has 1 saturated heterocycles. The molecule has 0 bridgehead atoms. The summed E-state index contributed by atoms with van der Waals surface area (Å²) in [6.07, 6.45) is 4.67. The van der Waals surface area contributed by atoms with E-state index >= 15 is 0 Å². The number of carbonyl (C=O) groups is 2. The maximum atomic E-state index is 12.9. The van der Waals surface area contributed by atoms with Gasteiger partial charge in [0.2, 0.25) is 5.91 Å². The molecular formula is C28H36N4O2. The second kappa shape index (κ2) is 9.41. The van der Waals surface area contributed by atoms with Gasteiger partial charge in [0.1, 0.15) is 0 Å². The zero-order valence-corrected chi connectivity index (χ0v) is 20.4. The van der Waals surface area contributed by atoms with Crippen molar-refractivity contribution in [2.75, 3.05) is 30.4 Å². The highest BCUT2D eigenvalue weighted by atomic mass is 16.2. The van der Waals surface area contributed by atoms with E-state index in [0.29, 0.717) is 17.4 Å². The summed E-state index contributed by atoms with van der Waals surface area (Å²) in [5.41, 5.74) is 5.29. The predicted molar refractivity (Wildman–Crippen MR) is 136 cm³/mol. The fourth-order valence-corrected chi connectivity index (χ4v) is 6.04. The van der Waals surface area contributed by atoms with Crippen molar-refractivity contribution in [2.24, 2.45) is 11.8 Å². The maximum absolute atomic E-state index is 12.9. The first-order chi connectivity index (χ1) is 16.5. The Morgan fingerprint density at radius 2 is 1.71 bits per heavy atom. The fourth-order valence-electron chi connectivity index (χ4n) is 6.04.